The van der Waals surface area contributed by atoms with Crippen molar-refractivity contribution in [3.63, 3.8) is 0 Å². The van der Waals surface area contributed by atoms with Crippen molar-refractivity contribution in [3.05, 3.63) is 95.6 Å². The molecule has 0 aromatic heterocycles. The molecule has 0 bridgehead atoms. The van der Waals surface area contributed by atoms with Gasteiger partial charge in [0.1, 0.15) is 11.5 Å². The number of nitrogens with zero attached hydrogens (tertiary/aromatic N) is 2. The van der Waals surface area contributed by atoms with E-state index in [1.165, 1.54) is 11.1 Å². The number of benzene rings is 3. The summed E-state index contributed by atoms with van der Waals surface area (Å²) in [6.45, 7) is 2.86. The molecule has 32 heavy (non-hydrogen) atoms. The van der Waals surface area contributed by atoms with E-state index in [2.05, 4.69) is 53.4 Å². The summed E-state index contributed by atoms with van der Waals surface area (Å²) in [5.41, 5.74) is 3.50. The van der Waals surface area contributed by atoms with Crippen molar-refractivity contribution in [3.8, 4) is 11.5 Å². The number of hydrogen-bond donors (Lipinski definition) is 0. The molecule has 1 saturated heterocycles. The first-order valence-electron chi connectivity index (χ1n) is 11.0. The third kappa shape index (κ3) is 5.29. The summed E-state index contributed by atoms with van der Waals surface area (Å²) < 4.78 is 10.8. The highest BCUT2D eigenvalue weighted by Crippen LogP contribution is 2.29. The predicted molar refractivity (Wildman–Crippen MR) is 125 cm³/mol. The van der Waals surface area contributed by atoms with Crippen LogP contribution in [0.1, 0.15) is 23.1 Å². The Hall–Kier alpha value is -3.31. The van der Waals surface area contributed by atoms with Crippen LogP contribution < -0.4 is 9.47 Å². The monoisotopic (exact) mass is 430 g/mol. The van der Waals surface area contributed by atoms with Gasteiger partial charge in [0.15, 0.2) is 0 Å². The van der Waals surface area contributed by atoms with Gasteiger partial charge in [-0.15, -0.1) is 0 Å². The second kappa shape index (κ2) is 10.3. The summed E-state index contributed by atoms with van der Waals surface area (Å²) in [4.78, 5) is 17.3. The van der Waals surface area contributed by atoms with Crippen LogP contribution in [0, 0.1) is 0 Å². The van der Waals surface area contributed by atoms with Crippen LogP contribution >= 0.6 is 0 Å². The maximum absolute atomic E-state index is 13.0. The lowest BCUT2D eigenvalue weighted by atomic mass is 10.1. The second-order valence-corrected chi connectivity index (χ2v) is 8.19. The number of ether oxygens (including phenoxy) is 2. The van der Waals surface area contributed by atoms with Crippen LogP contribution in [-0.2, 0) is 24.4 Å². The molecule has 0 aliphatic carbocycles. The molecule has 4 rings (SSSR count). The van der Waals surface area contributed by atoms with Gasteiger partial charge in [-0.3, -0.25) is 9.69 Å². The van der Waals surface area contributed by atoms with Crippen LogP contribution in [-0.4, -0.2) is 42.5 Å². The van der Waals surface area contributed by atoms with Crippen LogP contribution in [0.3, 0.4) is 0 Å². The van der Waals surface area contributed by atoms with Crippen LogP contribution in [0.5, 0.6) is 11.5 Å². The Labute approximate surface area is 190 Å². The van der Waals surface area contributed by atoms with E-state index in [-0.39, 0.29) is 11.9 Å². The fourth-order valence-electron chi connectivity index (χ4n) is 4.29. The predicted octanol–water partition coefficient (Wildman–Crippen LogP) is 4.51. The normalized spacial score (nSPS) is 15.9. The van der Waals surface area contributed by atoms with Gasteiger partial charge < -0.3 is 14.4 Å². The zero-order chi connectivity index (χ0) is 22.3. The van der Waals surface area contributed by atoms with Crippen molar-refractivity contribution in [1.29, 1.82) is 0 Å². The molecule has 0 saturated carbocycles. The first-order valence-corrected chi connectivity index (χ1v) is 11.0. The summed E-state index contributed by atoms with van der Waals surface area (Å²) in [6.07, 6.45) is 0.526. The average Bonchev–Trinajstić information content (AvgIpc) is 3.20. The number of rotatable bonds is 9. The van der Waals surface area contributed by atoms with E-state index in [0.29, 0.717) is 19.5 Å². The third-order valence-electron chi connectivity index (χ3n) is 6.02. The van der Waals surface area contributed by atoms with E-state index in [0.717, 1.165) is 30.2 Å². The summed E-state index contributed by atoms with van der Waals surface area (Å²) in [7, 11) is 3.28. The van der Waals surface area contributed by atoms with Crippen LogP contribution in [0.25, 0.3) is 0 Å². The third-order valence-corrected chi connectivity index (χ3v) is 6.02. The minimum absolute atomic E-state index is 0.159. The van der Waals surface area contributed by atoms with Gasteiger partial charge in [0.2, 0.25) is 5.91 Å². The van der Waals surface area contributed by atoms with E-state index >= 15 is 0 Å². The molecule has 0 spiro atoms. The molecular weight excluding hydrogens is 400 g/mol. The molecule has 5 heteroatoms. The van der Waals surface area contributed by atoms with Crippen LogP contribution in [0.4, 0.5) is 0 Å². The molecule has 3 aromatic carbocycles. The maximum atomic E-state index is 13.0. The number of methoxy groups -OCH3 is 2. The molecule has 1 unspecified atom stereocenters. The highest BCUT2D eigenvalue weighted by molar-refractivity contribution is 5.79. The molecule has 166 valence electrons. The van der Waals surface area contributed by atoms with E-state index in [9.17, 15) is 4.79 Å². The van der Waals surface area contributed by atoms with Gasteiger partial charge in [-0.25, -0.2) is 0 Å². The Morgan fingerprint density at radius 1 is 0.875 bits per heavy atom. The van der Waals surface area contributed by atoms with E-state index in [1.807, 2.05) is 35.2 Å². The molecule has 1 heterocycles. The Balaban J connectivity index is 1.51. The number of likely N-dealkylation sites (tertiary alicyclic amines) is 1. The van der Waals surface area contributed by atoms with Crippen LogP contribution in [0.2, 0.25) is 0 Å². The fraction of sp³-hybridized carbons (Fsp3) is 0.296. The van der Waals surface area contributed by atoms with E-state index < -0.39 is 0 Å². The lowest BCUT2D eigenvalue weighted by Crippen LogP contribution is -2.36. The lowest BCUT2D eigenvalue weighted by Gasteiger charge is -2.29. The quantitative estimate of drug-likeness (QED) is 0.501. The SMILES string of the molecule is COc1ccc(CN2CC(N(Cc3ccccc3)Cc3ccccc3)CC2=O)c(OC)c1. The van der Waals surface area contributed by atoms with Crippen LogP contribution in [0.15, 0.2) is 78.9 Å². The zero-order valence-corrected chi connectivity index (χ0v) is 18.7. The Morgan fingerprint density at radius 2 is 1.50 bits per heavy atom. The Morgan fingerprint density at radius 3 is 2.06 bits per heavy atom. The maximum Gasteiger partial charge on any atom is 0.224 e. The largest absolute Gasteiger partial charge is 0.497 e. The molecule has 3 aromatic rings. The van der Waals surface area contributed by atoms with Gasteiger partial charge >= 0.3 is 0 Å². The molecule has 0 radical (unpaired) electrons. The molecule has 1 fully saturated rings. The first-order chi connectivity index (χ1) is 15.7. The molecule has 1 aliphatic heterocycles. The summed E-state index contributed by atoms with van der Waals surface area (Å²) >= 11 is 0. The summed E-state index contributed by atoms with van der Waals surface area (Å²) in [5.74, 6) is 1.66. The van der Waals surface area contributed by atoms with Crippen molar-refractivity contribution in [1.82, 2.24) is 9.80 Å². The molecule has 0 N–H and O–H groups in total. The minimum atomic E-state index is 0.159. The topological polar surface area (TPSA) is 42.0 Å². The van der Waals surface area contributed by atoms with E-state index in [1.54, 1.807) is 14.2 Å². The fourth-order valence-corrected chi connectivity index (χ4v) is 4.29. The van der Waals surface area contributed by atoms with Gasteiger partial charge in [-0.1, -0.05) is 60.7 Å². The molecule has 1 amide bonds. The van der Waals surface area contributed by atoms with Gasteiger partial charge in [0, 0.05) is 50.3 Å². The van der Waals surface area contributed by atoms with Crippen molar-refractivity contribution >= 4 is 5.91 Å². The van der Waals surface area contributed by atoms with Crippen molar-refractivity contribution in [2.24, 2.45) is 0 Å². The van der Waals surface area contributed by atoms with E-state index in [4.69, 9.17) is 9.47 Å². The Kier molecular flexibility index (Phi) is 7.07. The highest BCUT2D eigenvalue weighted by Gasteiger charge is 2.34. The molecule has 1 aliphatic rings. The Bertz CT molecular complexity index is 982. The summed E-state index contributed by atoms with van der Waals surface area (Å²) in [5, 5.41) is 0. The average molecular weight is 431 g/mol. The number of carbonyl (C=O) groups excluding carboxylic acids is 1. The highest BCUT2D eigenvalue weighted by atomic mass is 16.5. The van der Waals surface area contributed by atoms with Gasteiger partial charge in [0.05, 0.1) is 14.2 Å². The van der Waals surface area contributed by atoms with Gasteiger partial charge in [-0.2, -0.15) is 0 Å². The molecule has 5 nitrogen and oxygen atoms in total. The summed E-state index contributed by atoms with van der Waals surface area (Å²) in [6, 6.07) is 26.8. The first kappa shape index (κ1) is 21.9. The number of carbonyl (C=O) groups is 1. The standard InChI is InChI=1S/C27H30N2O3/c1-31-25-14-13-23(26(16-25)32-2)19-29-20-24(15-27(29)30)28(17-21-9-5-3-6-10-21)18-22-11-7-4-8-12-22/h3-14,16,24H,15,17-20H2,1-2H3. The van der Waals surface area contributed by atoms with Crippen molar-refractivity contribution in [2.45, 2.75) is 32.1 Å². The molecular formula is C27H30N2O3. The number of hydrogen-bond acceptors (Lipinski definition) is 4. The lowest BCUT2D eigenvalue weighted by molar-refractivity contribution is -0.128. The van der Waals surface area contributed by atoms with Gasteiger partial charge in [0.25, 0.3) is 0 Å². The van der Waals surface area contributed by atoms with Crippen molar-refractivity contribution in [2.75, 3.05) is 20.8 Å². The molecule has 1 atom stereocenters. The number of amides is 1. The smallest absolute Gasteiger partial charge is 0.224 e. The van der Waals surface area contributed by atoms with Gasteiger partial charge in [-0.05, 0) is 23.3 Å². The van der Waals surface area contributed by atoms with Crippen molar-refractivity contribution < 1.29 is 14.3 Å². The zero-order valence-electron chi connectivity index (χ0n) is 18.7. The second-order valence-electron chi connectivity index (χ2n) is 8.19. The minimum Gasteiger partial charge on any atom is -0.497 e.